The maximum atomic E-state index is 12.0. The molecule has 0 saturated heterocycles. The van der Waals surface area contributed by atoms with Crippen molar-refractivity contribution in [1.82, 2.24) is 14.7 Å². The van der Waals surface area contributed by atoms with E-state index in [-0.39, 0.29) is 5.91 Å². The molecule has 0 unspecified atom stereocenters. The Morgan fingerprint density at radius 3 is 3.00 bits per heavy atom. The number of fused-ring (bicyclic) bond motifs is 1. The van der Waals surface area contributed by atoms with Crippen molar-refractivity contribution in [2.75, 3.05) is 0 Å². The molecule has 0 bridgehead atoms. The number of carbonyl (C=O) groups is 1. The highest BCUT2D eigenvalue weighted by atomic mass is 32.1. The first-order chi connectivity index (χ1) is 10.6. The summed E-state index contributed by atoms with van der Waals surface area (Å²) in [6, 6.07) is 6.37. The number of aryl methyl sites for hydroxylation is 3. The van der Waals surface area contributed by atoms with Gasteiger partial charge in [-0.25, -0.2) is 4.98 Å². The molecule has 5 heteroatoms. The molecule has 0 aliphatic carbocycles. The first-order valence-electron chi connectivity index (χ1n) is 7.36. The van der Waals surface area contributed by atoms with Crippen LogP contribution < -0.4 is 5.32 Å². The highest BCUT2D eigenvalue weighted by Gasteiger charge is 2.07. The minimum absolute atomic E-state index is 0.0660. The third-order valence-electron chi connectivity index (χ3n) is 3.73. The van der Waals surface area contributed by atoms with Gasteiger partial charge in [0.15, 0.2) is 4.96 Å². The zero-order chi connectivity index (χ0) is 15.5. The Bertz CT molecular complexity index is 775. The lowest BCUT2D eigenvalue weighted by molar-refractivity contribution is -0.121. The van der Waals surface area contributed by atoms with E-state index in [2.05, 4.69) is 42.3 Å². The molecule has 2 aromatic heterocycles. The number of nitrogens with zero attached hydrogens (tertiary/aromatic N) is 2. The van der Waals surface area contributed by atoms with Gasteiger partial charge in [0.1, 0.15) is 0 Å². The molecule has 0 saturated carbocycles. The zero-order valence-corrected chi connectivity index (χ0v) is 13.6. The standard InChI is InChI=1S/C17H19N3OS/c1-12-3-4-14(13(2)9-12)5-6-16(21)18-10-15-11-20-7-8-22-17(20)19-15/h3-4,7-9,11H,5-6,10H2,1-2H3,(H,18,21). The van der Waals surface area contributed by atoms with Crippen molar-refractivity contribution >= 4 is 22.2 Å². The van der Waals surface area contributed by atoms with Crippen LogP contribution in [0.5, 0.6) is 0 Å². The molecule has 1 amide bonds. The Hall–Kier alpha value is -2.14. The zero-order valence-electron chi connectivity index (χ0n) is 12.8. The number of aromatic nitrogens is 2. The fraction of sp³-hybridized carbons (Fsp3) is 0.294. The predicted octanol–water partition coefficient (Wildman–Crippen LogP) is 3.26. The summed E-state index contributed by atoms with van der Waals surface area (Å²) in [5.41, 5.74) is 4.64. The second-order valence-corrected chi connectivity index (χ2v) is 6.40. The van der Waals surface area contributed by atoms with Crippen LogP contribution in [0.25, 0.3) is 4.96 Å². The van der Waals surface area contributed by atoms with Crippen LogP contribution >= 0.6 is 11.3 Å². The topological polar surface area (TPSA) is 46.4 Å². The van der Waals surface area contributed by atoms with Crippen molar-refractivity contribution in [3.63, 3.8) is 0 Å². The lowest BCUT2D eigenvalue weighted by Crippen LogP contribution is -2.23. The van der Waals surface area contributed by atoms with E-state index in [1.54, 1.807) is 11.3 Å². The molecule has 22 heavy (non-hydrogen) atoms. The van der Waals surface area contributed by atoms with Crippen molar-refractivity contribution in [3.05, 3.63) is 58.4 Å². The molecular weight excluding hydrogens is 294 g/mol. The smallest absolute Gasteiger partial charge is 0.220 e. The van der Waals surface area contributed by atoms with Crippen LogP contribution in [-0.4, -0.2) is 15.3 Å². The average Bonchev–Trinajstić information content (AvgIpc) is 3.05. The van der Waals surface area contributed by atoms with Crippen molar-refractivity contribution in [2.24, 2.45) is 0 Å². The molecule has 2 heterocycles. The van der Waals surface area contributed by atoms with Gasteiger partial charge in [0.25, 0.3) is 0 Å². The van der Waals surface area contributed by atoms with Crippen molar-refractivity contribution in [1.29, 1.82) is 0 Å². The number of benzene rings is 1. The molecule has 0 aliphatic rings. The van der Waals surface area contributed by atoms with Gasteiger partial charge in [-0.1, -0.05) is 23.8 Å². The number of imidazole rings is 1. The number of hydrogen-bond donors (Lipinski definition) is 1. The molecule has 0 spiro atoms. The van der Waals surface area contributed by atoms with Gasteiger partial charge < -0.3 is 5.32 Å². The van der Waals surface area contributed by atoms with Gasteiger partial charge in [-0.05, 0) is 31.4 Å². The largest absolute Gasteiger partial charge is 0.350 e. The Morgan fingerprint density at radius 2 is 2.23 bits per heavy atom. The number of amides is 1. The second-order valence-electron chi connectivity index (χ2n) is 5.53. The summed E-state index contributed by atoms with van der Waals surface area (Å²) in [4.78, 5) is 17.4. The van der Waals surface area contributed by atoms with Gasteiger partial charge in [0.2, 0.25) is 5.91 Å². The maximum absolute atomic E-state index is 12.0. The Kier molecular flexibility index (Phi) is 4.24. The summed E-state index contributed by atoms with van der Waals surface area (Å²) in [5.74, 6) is 0.0660. The normalized spacial score (nSPS) is 11.0. The fourth-order valence-corrected chi connectivity index (χ4v) is 3.23. The van der Waals surface area contributed by atoms with Crippen molar-refractivity contribution in [2.45, 2.75) is 33.2 Å². The number of nitrogens with one attached hydrogen (secondary N) is 1. The third kappa shape index (κ3) is 3.36. The Labute approximate surface area is 133 Å². The van der Waals surface area contributed by atoms with E-state index >= 15 is 0 Å². The van der Waals surface area contributed by atoms with Gasteiger partial charge in [-0.15, -0.1) is 11.3 Å². The molecule has 1 aromatic carbocycles. The van der Waals surface area contributed by atoms with E-state index in [4.69, 9.17) is 0 Å². The molecule has 0 fully saturated rings. The van der Waals surface area contributed by atoms with Gasteiger partial charge >= 0.3 is 0 Å². The number of thiazole rings is 1. The predicted molar refractivity (Wildman–Crippen MR) is 89.2 cm³/mol. The lowest BCUT2D eigenvalue weighted by Gasteiger charge is -2.07. The first kappa shape index (κ1) is 14.8. The summed E-state index contributed by atoms with van der Waals surface area (Å²) in [6.07, 6.45) is 5.21. The third-order valence-corrected chi connectivity index (χ3v) is 4.50. The van der Waals surface area contributed by atoms with E-state index in [1.165, 1.54) is 16.7 Å². The van der Waals surface area contributed by atoms with Crippen LogP contribution in [0.1, 0.15) is 28.8 Å². The Morgan fingerprint density at radius 1 is 1.36 bits per heavy atom. The fourth-order valence-electron chi connectivity index (χ4n) is 2.51. The minimum Gasteiger partial charge on any atom is -0.350 e. The molecule has 114 valence electrons. The van der Waals surface area contributed by atoms with Gasteiger partial charge in [-0.3, -0.25) is 9.20 Å². The van der Waals surface area contributed by atoms with Gasteiger partial charge in [0, 0.05) is 24.2 Å². The quantitative estimate of drug-likeness (QED) is 0.786. The Balaban J connectivity index is 1.51. The number of hydrogen-bond acceptors (Lipinski definition) is 3. The van der Waals surface area contributed by atoms with Crippen molar-refractivity contribution in [3.8, 4) is 0 Å². The molecule has 1 N–H and O–H groups in total. The number of carbonyl (C=O) groups excluding carboxylic acids is 1. The van der Waals surface area contributed by atoms with E-state index in [0.29, 0.717) is 13.0 Å². The monoisotopic (exact) mass is 313 g/mol. The van der Waals surface area contributed by atoms with Gasteiger partial charge in [-0.2, -0.15) is 0 Å². The molecule has 3 rings (SSSR count). The molecular formula is C17H19N3OS. The van der Waals surface area contributed by atoms with Crippen LogP contribution in [-0.2, 0) is 17.8 Å². The molecule has 4 nitrogen and oxygen atoms in total. The van der Waals surface area contributed by atoms with E-state index in [9.17, 15) is 4.79 Å². The minimum atomic E-state index is 0.0660. The summed E-state index contributed by atoms with van der Waals surface area (Å²) >= 11 is 1.59. The summed E-state index contributed by atoms with van der Waals surface area (Å²) in [7, 11) is 0. The molecule has 3 aromatic rings. The SMILES string of the molecule is Cc1ccc(CCC(=O)NCc2cn3ccsc3n2)c(C)c1. The maximum Gasteiger partial charge on any atom is 0.220 e. The van der Waals surface area contributed by atoms with Crippen LogP contribution in [0.2, 0.25) is 0 Å². The van der Waals surface area contributed by atoms with E-state index < -0.39 is 0 Å². The van der Waals surface area contributed by atoms with Crippen LogP contribution in [0, 0.1) is 13.8 Å². The molecule has 0 atom stereocenters. The lowest BCUT2D eigenvalue weighted by atomic mass is 10.0. The summed E-state index contributed by atoms with van der Waals surface area (Å²) in [5, 5.41) is 4.94. The van der Waals surface area contributed by atoms with Gasteiger partial charge in [0.05, 0.1) is 12.2 Å². The summed E-state index contributed by atoms with van der Waals surface area (Å²) < 4.78 is 1.97. The molecule has 0 aliphatic heterocycles. The second kappa shape index (κ2) is 6.32. The van der Waals surface area contributed by atoms with Crippen LogP contribution in [0.3, 0.4) is 0 Å². The molecule has 0 radical (unpaired) electrons. The average molecular weight is 313 g/mol. The first-order valence-corrected chi connectivity index (χ1v) is 8.24. The summed E-state index contributed by atoms with van der Waals surface area (Å²) in [6.45, 7) is 4.66. The van der Waals surface area contributed by atoms with E-state index in [0.717, 1.165) is 17.1 Å². The van der Waals surface area contributed by atoms with Crippen LogP contribution in [0.15, 0.2) is 36.0 Å². The highest BCUT2D eigenvalue weighted by molar-refractivity contribution is 7.15. The van der Waals surface area contributed by atoms with Crippen LogP contribution in [0.4, 0.5) is 0 Å². The number of rotatable bonds is 5. The van der Waals surface area contributed by atoms with E-state index in [1.807, 2.05) is 22.2 Å². The van der Waals surface area contributed by atoms with Crippen molar-refractivity contribution < 1.29 is 4.79 Å². The highest BCUT2D eigenvalue weighted by Crippen LogP contribution is 2.13.